The van der Waals surface area contributed by atoms with Crippen molar-refractivity contribution in [3.63, 3.8) is 0 Å². The van der Waals surface area contributed by atoms with Crippen LogP contribution in [0.5, 0.6) is 0 Å². The quantitative estimate of drug-likeness (QED) is 0.324. The minimum absolute atomic E-state index is 0.300. The molecule has 0 bridgehead atoms. The Bertz CT molecular complexity index is 1030. The fourth-order valence-corrected chi connectivity index (χ4v) is 3.03. The molecule has 0 aliphatic carbocycles. The van der Waals surface area contributed by atoms with Crippen molar-refractivity contribution in [1.29, 1.82) is 0 Å². The number of fused-ring (bicyclic) bond motifs is 1. The van der Waals surface area contributed by atoms with Gasteiger partial charge in [0.25, 0.3) is 0 Å². The van der Waals surface area contributed by atoms with Gasteiger partial charge in [-0.25, -0.2) is 15.0 Å². The van der Waals surface area contributed by atoms with E-state index in [1.807, 2.05) is 30.3 Å². The minimum Gasteiger partial charge on any atom is -0.370 e. The predicted octanol–water partition coefficient (Wildman–Crippen LogP) is 3.58. The van der Waals surface area contributed by atoms with Gasteiger partial charge in [-0.1, -0.05) is 35.3 Å². The number of halogens is 2. The van der Waals surface area contributed by atoms with Crippen LogP contribution in [0.3, 0.4) is 0 Å². The topological polar surface area (TPSA) is 101 Å². The van der Waals surface area contributed by atoms with Crippen LogP contribution in [0, 0.1) is 0 Å². The van der Waals surface area contributed by atoms with Crippen molar-refractivity contribution in [3.05, 3.63) is 52.5 Å². The van der Waals surface area contributed by atoms with Crippen molar-refractivity contribution in [2.75, 3.05) is 25.5 Å². The van der Waals surface area contributed by atoms with Gasteiger partial charge in [-0.05, 0) is 30.3 Å². The molecule has 0 atom stereocenters. The Morgan fingerprint density at radius 3 is 2.75 bits per heavy atom. The molecule has 28 heavy (non-hydrogen) atoms. The molecule has 0 fully saturated rings. The summed E-state index contributed by atoms with van der Waals surface area (Å²) in [7, 11) is 1.63. The lowest BCUT2D eigenvalue weighted by atomic mass is 10.2. The van der Waals surface area contributed by atoms with Crippen molar-refractivity contribution in [1.82, 2.24) is 15.3 Å². The summed E-state index contributed by atoms with van der Waals surface area (Å²) in [6, 6.07) is 13.0. The average Bonchev–Trinajstić information content (AvgIpc) is 2.69. The highest BCUT2D eigenvalue weighted by molar-refractivity contribution is 6.36. The molecule has 1 aromatic heterocycles. The highest BCUT2D eigenvalue weighted by atomic mass is 35.5. The number of nitrogens with one attached hydrogen (secondary N) is 2. The van der Waals surface area contributed by atoms with Gasteiger partial charge in [-0.2, -0.15) is 0 Å². The van der Waals surface area contributed by atoms with E-state index >= 15 is 0 Å². The van der Waals surface area contributed by atoms with E-state index in [0.717, 1.165) is 10.9 Å². The molecule has 7 nitrogen and oxygen atoms in total. The van der Waals surface area contributed by atoms with Crippen LogP contribution in [-0.2, 0) is 0 Å². The number of aliphatic imine (C=N–C) groups is 2. The van der Waals surface area contributed by atoms with Gasteiger partial charge >= 0.3 is 0 Å². The van der Waals surface area contributed by atoms with E-state index in [0.29, 0.717) is 46.3 Å². The number of hydrogen-bond acceptors (Lipinski definition) is 4. The molecule has 0 saturated heterocycles. The van der Waals surface area contributed by atoms with Crippen molar-refractivity contribution in [2.24, 2.45) is 15.7 Å². The van der Waals surface area contributed by atoms with Gasteiger partial charge in [0.05, 0.1) is 10.5 Å². The summed E-state index contributed by atoms with van der Waals surface area (Å²) in [6.45, 7) is 1.14. The van der Waals surface area contributed by atoms with Gasteiger partial charge in [0.15, 0.2) is 11.8 Å². The van der Waals surface area contributed by atoms with E-state index in [-0.39, 0.29) is 0 Å². The van der Waals surface area contributed by atoms with Crippen LogP contribution in [-0.4, -0.2) is 42.4 Å². The minimum atomic E-state index is 0.300. The Labute approximate surface area is 172 Å². The zero-order valence-electron chi connectivity index (χ0n) is 15.2. The zero-order chi connectivity index (χ0) is 19.9. The van der Waals surface area contributed by atoms with Crippen molar-refractivity contribution in [2.45, 2.75) is 0 Å². The Hall–Kier alpha value is -2.90. The Morgan fingerprint density at radius 2 is 1.96 bits per heavy atom. The van der Waals surface area contributed by atoms with Crippen LogP contribution >= 0.6 is 23.2 Å². The lowest BCUT2D eigenvalue weighted by molar-refractivity contribution is 0.896. The van der Waals surface area contributed by atoms with Gasteiger partial charge in [0.1, 0.15) is 12.2 Å². The molecule has 3 rings (SSSR count). The van der Waals surface area contributed by atoms with Crippen molar-refractivity contribution in [3.8, 4) is 11.4 Å². The monoisotopic (exact) mass is 415 g/mol. The summed E-state index contributed by atoms with van der Waals surface area (Å²) in [4.78, 5) is 17.0. The fourth-order valence-electron chi connectivity index (χ4n) is 2.54. The molecule has 4 N–H and O–H groups in total. The molecule has 2 aromatic carbocycles. The molecule has 0 amide bonds. The van der Waals surface area contributed by atoms with Gasteiger partial charge in [-0.15, -0.1) is 0 Å². The molecule has 0 saturated carbocycles. The van der Waals surface area contributed by atoms with Crippen molar-refractivity contribution >= 4 is 52.2 Å². The molecule has 0 aliphatic heterocycles. The van der Waals surface area contributed by atoms with Gasteiger partial charge in [0, 0.05) is 36.1 Å². The molecule has 0 spiro atoms. The number of rotatable bonds is 6. The lowest BCUT2D eigenvalue weighted by Crippen LogP contribution is -2.35. The maximum atomic E-state index is 6.34. The summed E-state index contributed by atoms with van der Waals surface area (Å²) < 4.78 is 0. The number of nitrogens with two attached hydrogens (primary N) is 1. The third-order valence-corrected chi connectivity index (χ3v) is 4.36. The standard InChI is InChI=1S/C19H19Cl2N7/c1-23-11-26-19(22)25-9-8-24-17-14-4-2-3-5-16(14)27-18(28-17)13-7-6-12(20)10-15(13)21/h2-7,10-11H,8-9H2,1H3,(H,24,27,28)(H3,22,23,25,26). The van der Waals surface area contributed by atoms with Crippen LogP contribution < -0.4 is 16.4 Å². The molecule has 144 valence electrons. The van der Waals surface area contributed by atoms with Gasteiger partial charge < -0.3 is 16.4 Å². The highest BCUT2D eigenvalue weighted by Gasteiger charge is 2.12. The summed E-state index contributed by atoms with van der Waals surface area (Å²) >= 11 is 12.3. The maximum Gasteiger partial charge on any atom is 0.194 e. The molecular formula is C19H19Cl2N7. The van der Waals surface area contributed by atoms with E-state index < -0.39 is 0 Å². The smallest absolute Gasteiger partial charge is 0.194 e. The lowest BCUT2D eigenvalue weighted by Gasteiger charge is -2.12. The molecule has 9 heteroatoms. The summed E-state index contributed by atoms with van der Waals surface area (Å²) in [5.74, 6) is 1.53. The van der Waals surface area contributed by atoms with Crippen LogP contribution in [0.4, 0.5) is 5.82 Å². The van der Waals surface area contributed by atoms with E-state index in [1.165, 1.54) is 6.34 Å². The van der Waals surface area contributed by atoms with E-state index in [2.05, 4.69) is 30.6 Å². The second-order valence-corrected chi connectivity index (χ2v) is 6.62. The number of anilines is 1. The number of guanidine groups is 1. The first kappa shape index (κ1) is 19.9. The largest absolute Gasteiger partial charge is 0.370 e. The summed E-state index contributed by atoms with van der Waals surface area (Å²) in [5, 5.41) is 8.28. The average molecular weight is 416 g/mol. The molecule has 0 unspecified atom stereocenters. The van der Waals surface area contributed by atoms with E-state index in [1.54, 1.807) is 19.2 Å². The first-order chi connectivity index (χ1) is 13.6. The Balaban J connectivity index is 1.85. The number of para-hydroxylation sites is 1. The third kappa shape index (κ3) is 4.88. The van der Waals surface area contributed by atoms with Crippen molar-refractivity contribution < 1.29 is 0 Å². The molecule has 3 aromatic rings. The Kier molecular flexibility index (Phi) is 6.62. The summed E-state index contributed by atoms with van der Waals surface area (Å²) in [6.07, 6.45) is 1.38. The Morgan fingerprint density at radius 1 is 1.14 bits per heavy atom. The van der Waals surface area contributed by atoms with Gasteiger partial charge in [0.2, 0.25) is 0 Å². The molecule has 1 heterocycles. The normalized spacial score (nSPS) is 11.9. The fraction of sp³-hybridized carbons (Fsp3) is 0.158. The maximum absolute atomic E-state index is 6.34. The highest BCUT2D eigenvalue weighted by Crippen LogP contribution is 2.31. The number of benzene rings is 2. The van der Waals surface area contributed by atoms with E-state index in [4.69, 9.17) is 28.9 Å². The van der Waals surface area contributed by atoms with Crippen LogP contribution in [0.1, 0.15) is 0 Å². The first-order valence-corrected chi connectivity index (χ1v) is 9.28. The first-order valence-electron chi connectivity index (χ1n) is 8.52. The number of nitrogens with zero attached hydrogens (tertiary/aromatic N) is 4. The number of hydrogen-bond donors (Lipinski definition) is 3. The van der Waals surface area contributed by atoms with Crippen LogP contribution in [0.15, 0.2) is 52.4 Å². The molecular weight excluding hydrogens is 397 g/mol. The third-order valence-electron chi connectivity index (χ3n) is 3.81. The molecule has 0 radical (unpaired) electrons. The predicted molar refractivity (Wildman–Crippen MR) is 118 cm³/mol. The van der Waals surface area contributed by atoms with E-state index in [9.17, 15) is 0 Å². The summed E-state index contributed by atoms with van der Waals surface area (Å²) in [5.41, 5.74) is 7.26. The second-order valence-electron chi connectivity index (χ2n) is 5.78. The SMILES string of the molecule is C/N=C\N=C(/N)NCCNc1nc(-c2ccc(Cl)cc2Cl)nc2ccccc12. The van der Waals surface area contributed by atoms with Crippen LogP contribution in [0.2, 0.25) is 10.0 Å². The van der Waals surface area contributed by atoms with Crippen LogP contribution in [0.25, 0.3) is 22.3 Å². The zero-order valence-corrected chi connectivity index (χ0v) is 16.7. The number of aromatic nitrogens is 2. The van der Waals surface area contributed by atoms with Gasteiger partial charge in [-0.3, -0.25) is 4.99 Å². The molecule has 0 aliphatic rings. The second kappa shape index (κ2) is 9.34.